The molecule has 2 rings (SSSR count). The molecule has 0 unspecified atom stereocenters. The molecule has 0 aliphatic carbocycles. The lowest BCUT2D eigenvalue weighted by Gasteiger charge is -2.35. The van der Waals surface area contributed by atoms with Gasteiger partial charge >= 0.3 is 5.97 Å². The molecule has 0 aromatic carbocycles. The third-order valence-electron chi connectivity index (χ3n) is 3.43. The Hall–Kier alpha value is -0.570. The van der Waals surface area contributed by atoms with Crippen molar-refractivity contribution in [2.45, 2.75) is 38.6 Å². The van der Waals surface area contributed by atoms with Gasteiger partial charge in [-0.25, -0.2) is 0 Å². The fraction of sp³-hybridized carbons (Fsp3) is 0.909. The standard InChI is InChI=1S/C11H19NO2/c1-2-14-11(13)9-5-3-7-12-8-4-6-10(9)12/h9-10H,2-8H2,1H3/t9-,10+/m0/s1. The fourth-order valence-electron chi connectivity index (χ4n) is 2.82. The van der Waals surface area contributed by atoms with E-state index in [1.807, 2.05) is 6.92 Å². The van der Waals surface area contributed by atoms with Crippen molar-refractivity contribution in [1.82, 2.24) is 4.90 Å². The molecule has 0 N–H and O–H groups in total. The van der Waals surface area contributed by atoms with Crippen molar-refractivity contribution in [3.8, 4) is 0 Å². The molecular formula is C11H19NO2. The average Bonchev–Trinajstić information content (AvgIpc) is 2.65. The van der Waals surface area contributed by atoms with Gasteiger partial charge in [0.15, 0.2) is 0 Å². The van der Waals surface area contributed by atoms with Crippen molar-refractivity contribution >= 4 is 5.97 Å². The maximum absolute atomic E-state index is 11.7. The van der Waals surface area contributed by atoms with Crippen molar-refractivity contribution in [3.63, 3.8) is 0 Å². The van der Waals surface area contributed by atoms with Crippen molar-refractivity contribution in [3.05, 3.63) is 0 Å². The number of hydrogen-bond acceptors (Lipinski definition) is 3. The van der Waals surface area contributed by atoms with Gasteiger partial charge in [-0.15, -0.1) is 0 Å². The van der Waals surface area contributed by atoms with E-state index in [0.717, 1.165) is 12.8 Å². The van der Waals surface area contributed by atoms with Crippen molar-refractivity contribution < 1.29 is 9.53 Å². The van der Waals surface area contributed by atoms with Crippen LogP contribution in [0.2, 0.25) is 0 Å². The number of esters is 1. The molecule has 2 fully saturated rings. The van der Waals surface area contributed by atoms with Crippen LogP contribution in [0.1, 0.15) is 32.6 Å². The highest BCUT2D eigenvalue weighted by molar-refractivity contribution is 5.73. The highest BCUT2D eigenvalue weighted by atomic mass is 16.5. The zero-order valence-corrected chi connectivity index (χ0v) is 8.87. The van der Waals surface area contributed by atoms with E-state index in [1.165, 1.54) is 25.9 Å². The number of rotatable bonds is 2. The van der Waals surface area contributed by atoms with Crippen LogP contribution in [0.15, 0.2) is 0 Å². The summed E-state index contributed by atoms with van der Waals surface area (Å²) in [6.45, 7) is 4.76. The van der Waals surface area contributed by atoms with Crippen LogP contribution in [0.3, 0.4) is 0 Å². The van der Waals surface area contributed by atoms with Gasteiger partial charge < -0.3 is 4.74 Å². The maximum atomic E-state index is 11.7. The highest BCUT2D eigenvalue weighted by Gasteiger charge is 2.39. The Morgan fingerprint density at radius 1 is 1.36 bits per heavy atom. The summed E-state index contributed by atoms with van der Waals surface area (Å²) in [5.74, 6) is 0.190. The lowest BCUT2D eigenvalue weighted by atomic mass is 9.89. The lowest BCUT2D eigenvalue weighted by Crippen LogP contribution is -2.44. The van der Waals surface area contributed by atoms with Gasteiger partial charge in [-0.1, -0.05) is 0 Å². The van der Waals surface area contributed by atoms with Crippen LogP contribution in [-0.4, -0.2) is 36.6 Å². The largest absolute Gasteiger partial charge is 0.466 e. The summed E-state index contributed by atoms with van der Waals surface area (Å²) >= 11 is 0. The van der Waals surface area contributed by atoms with Crippen molar-refractivity contribution in [1.29, 1.82) is 0 Å². The topological polar surface area (TPSA) is 29.5 Å². The molecule has 3 nitrogen and oxygen atoms in total. The summed E-state index contributed by atoms with van der Waals surface area (Å²) in [4.78, 5) is 14.2. The van der Waals surface area contributed by atoms with Gasteiger partial charge in [0.25, 0.3) is 0 Å². The summed E-state index contributed by atoms with van der Waals surface area (Å²) in [7, 11) is 0. The molecule has 2 atom stereocenters. The van der Waals surface area contributed by atoms with E-state index < -0.39 is 0 Å². The van der Waals surface area contributed by atoms with E-state index in [4.69, 9.17) is 4.74 Å². The van der Waals surface area contributed by atoms with Gasteiger partial charge in [-0.05, 0) is 45.7 Å². The summed E-state index contributed by atoms with van der Waals surface area (Å²) in [5, 5.41) is 0. The molecule has 0 amide bonds. The quantitative estimate of drug-likeness (QED) is 0.627. The van der Waals surface area contributed by atoms with Gasteiger partial charge in [-0.2, -0.15) is 0 Å². The summed E-state index contributed by atoms with van der Waals surface area (Å²) in [6, 6.07) is 0.489. The highest BCUT2D eigenvalue weighted by Crippen LogP contribution is 2.32. The Bertz CT molecular complexity index is 217. The second-order valence-electron chi connectivity index (χ2n) is 4.25. The molecule has 3 heteroatoms. The molecule has 14 heavy (non-hydrogen) atoms. The van der Waals surface area contributed by atoms with Gasteiger partial charge in [0.1, 0.15) is 0 Å². The second-order valence-corrected chi connectivity index (χ2v) is 4.25. The van der Waals surface area contributed by atoms with E-state index in [-0.39, 0.29) is 11.9 Å². The summed E-state index contributed by atoms with van der Waals surface area (Å²) < 4.78 is 5.12. The predicted octanol–water partition coefficient (Wildman–Crippen LogP) is 1.42. The fourth-order valence-corrected chi connectivity index (χ4v) is 2.82. The minimum absolute atomic E-state index is 0.0316. The van der Waals surface area contributed by atoms with Crippen LogP contribution in [0.4, 0.5) is 0 Å². The molecule has 0 bridgehead atoms. The van der Waals surface area contributed by atoms with E-state index in [2.05, 4.69) is 4.90 Å². The molecule has 80 valence electrons. The molecular weight excluding hydrogens is 178 g/mol. The van der Waals surface area contributed by atoms with Crippen LogP contribution < -0.4 is 0 Å². The number of carbonyl (C=O) groups excluding carboxylic acids is 1. The smallest absolute Gasteiger partial charge is 0.310 e. The van der Waals surface area contributed by atoms with Crippen LogP contribution in [0.5, 0.6) is 0 Å². The number of ether oxygens (including phenoxy) is 1. The van der Waals surface area contributed by atoms with Crippen molar-refractivity contribution in [2.24, 2.45) is 5.92 Å². The molecule has 2 saturated heterocycles. The van der Waals surface area contributed by atoms with E-state index in [1.54, 1.807) is 0 Å². The first kappa shape index (κ1) is 9.97. The maximum Gasteiger partial charge on any atom is 0.310 e. The zero-order chi connectivity index (χ0) is 9.97. The van der Waals surface area contributed by atoms with Crippen LogP contribution in [0, 0.1) is 5.92 Å². The van der Waals surface area contributed by atoms with Crippen LogP contribution >= 0.6 is 0 Å². The molecule has 0 spiro atoms. The average molecular weight is 197 g/mol. The molecule has 2 aliphatic heterocycles. The first-order valence-corrected chi connectivity index (χ1v) is 5.73. The van der Waals surface area contributed by atoms with Gasteiger partial charge in [0.2, 0.25) is 0 Å². The summed E-state index contributed by atoms with van der Waals surface area (Å²) in [6.07, 6.45) is 4.62. The number of piperidine rings is 1. The third kappa shape index (κ3) is 1.78. The zero-order valence-electron chi connectivity index (χ0n) is 8.87. The lowest BCUT2D eigenvalue weighted by molar-refractivity contribution is -0.151. The van der Waals surface area contributed by atoms with Crippen LogP contribution in [-0.2, 0) is 9.53 Å². The number of fused-ring (bicyclic) bond motifs is 1. The Morgan fingerprint density at radius 3 is 2.79 bits per heavy atom. The van der Waals surface area contributed by atoms with Gasteiger partial charge in [0.05, 0.1) is 12.5 Å². The Balaban J connectivity index is 1.99. The molecule has 0 saturated carbocycles. The van der Waals surface area contributed by atoms with Gasteiger partial charge in [-0.3, -0.25) is 9.69 Å². The van der Waals surface area contributed by atoms with Crippen LogP contribution in [0.25, 0.3) is 0 Å². The van der Waals surface area contributed by atoms with E-state index >= 15 is 0 Å². The molecule has 0 aromatic rings. The van der Waals surface area contributed by atoms with Gasteiger partial charge in [0, 0.05) is 6.04 Å². The molecule has 0 aromatic heterocycles. The van der Waals surface area contributed by atoms with E-state index in [0.29, 0.717) is 12.6 Å². The Kier molecular flexibility index (Phi) is 3.06. The Morgan fingerprint density at radius 2 is 2.07 bits per heavy atom. The van der Waals surface area contributed by atoms with Crippen molar-refractivity contribution in [2.75, 3.05) is 19.7 Å². The number of hydrogen-bond donors (Lipinski definition) is 0. The van der Waals surface area contributed by atoms with E-state index in [9.17, 15) is 4.79 Å². The minimum Gasteiger partial charge on any atom is -0.466 e. The second kappa shape index (κ2) is 4.30. The Labute approximate surface area is 85.4 Å². The first-order chi connectivity index (χ1) is 6.83. The first-order valence-electron chi connectivity index (χ1n) is 5.73. The molecule has 2 heterocycles. The number of nitrogens with zero attached hydrogens (tertiary/aromatic N) is 1. The minimum atomic E-state index is 0.0316. The third-order valence-corrected chi connectivity index (χ3v) is 3.43. The SMILES string of the molecule is CCOC(=O)[C@H]1CCCN2CCC[C@H]12. The predicted molar refractivity (Wildman–Crippen MR) is 54.0 cm³/mol. The molecule has 2 aliphatic rings. The monoisotopic (exact) mass is 197 g/mol. The number of carbonyl (C=O) groups is 1. The molecule has 0 radical (unpaired) electrons. The normalized spacial score (nSPS) is 32.6. The summed E-state index contributed by atoms with van der Waals surface area (Å²) in [5.41, 5.74) is 0.